The van der Waals surface area contributed by atoms with Crippen LogP contribution in [-0.4, -0.2) is 30.4 Å². The second-order valence-electron chi connectivity index (χ2n) is 5.97. The molecule has 0 saturated carbocycles. The molecule has 1 heterocycles. The molecule has 20 heavy (non-hydrogen) atoms. The van der Waals surface area contributed by atoms with Gasteiger partial charge in [0.25, 0.3) is 0 Å². The van der Waals surface area contributed by atoms with E-state index in [1.54, 1.807) is 0 Å². The van der Waals surface area contributed by atoms with E-state index in [1.807, 2.05) is 26.0 Å². The highest BCUT2D eigenvalue weighted by atomic mass is 35.5. The van der Waals surface area contributed by atoms with Gasteiger partial charge in [-0.15, -0.1) is 0 Å². The number of amides is 1. The normalized spacial score (nSPS) is 19.9. The average Bonchev–Trinajstić information content (AvgIpc) is 2.33. The van der Waals surface area contributed by atoms with Crippen LogP contribution in [0.3, 0.4) is 0 Å². The number of anilines is 1. The Kier molecular flexibility index (Phi) is 5.06. The van der Waals surface area contributed by atoms with E-state index in [2.05, 4.69) is 17.1 Å². The standard InChI is InChI=1S/C16H23ClN2O/c1-11-5-4-6-19(9-11)10-15(20)18-16-13(3)7-12(2)8-14(16)17/h7-8,11H,4-6,9-10H2,1-3H3,(H,18,20)/t11-/m1/s1. The molecule has 0 radical (unpaired) electrons. The average molecular weight is 295 g/mol. The first-order chi connectivity index (χ1) is 9.45. The predicted molar refractivity (Wildman–Crippen MR) is 84.4 cm³/mol. The zero-order valence-electron chi connectivity index (χ0n) is 12.5. The van der Waals surface area contributed by atoms with Crippen molar-refractivity contribution < 1.29 is 4.79 Å². The molecule has 1 aromatic rings. The van der Waals surface area contributed by atoms with E-state index < -0.39 is 0 Å². The summed E-state index contributed by atoms with van der Waals surface area (Å²) in [6, 6.07) is 3.91. The van der Waals surface area contributed by atoms with Gasteiger partial charge >= 0.3 is 0 Å². The number of nitrogens with one attached hydrogen (secondary N) is 1. The summed E-state index contributed by atoms with van der Waals surface area (Å²) >= 11 is 6.22. The summed E-state index contributed by atoms with van der Waals surface area (Å²) < 4.78 is 0. The van der Waals surface area contributed by atoms with Gasteiger partial charge in [0.1, 0.15) is 0 Å². The van der Waals surface area contributed by atoms with E-state index >= 15 is 0 Å². The van der Waals surface area contributed by atoms with Crippen LogP contribution in [0.5, 0.6) is 0 Å². The molecular weight excluding hydrogens is 272 g/mol. The first-order valence-corrected chi connectivity index (χ1v) is 7.62. The molecule has 1 fully saturated rings. The smallest absolute Gasteiger partial charge is 0.238 e. The Hall–Kier alpha value is -1.06. The maximum atomic E-state index is 12.2. The molecule has 0 aromatic heterocycles. The minimum absolute atomic E-state index is 0.0213. The lowest BCUT2D eigenvalue weighted by atomic mass is 10.0. The van der Waals surface area contributed by atoms with Crippen LogP contribution in [0.2, 0.25) is 5.02 Å². The molecular formula is C16H23ClN2O. The van der Waals surface area contributed by atoms with Crippen molar-refractivity contribution in [1.82, 2.24) is 4.90 Å². The van der Waals surface area contributed by atoms with Crippen LogP contribution < -0.4 is 5.32 Å². The van der Waals surface area contributed by atoms with Crippen molar-refractivity contribution in [1.29, 1.82) is 0 Å². The van der Waals surface area contributed by atoms with E-state index in [9.17, 15) is 4.79 Å². The van der Waals surface area contributed by atoms with Gasteiger partial charge < -0.3 is 5.32 Å². The number of carbonyl (C=O) groups is 1. The van der Waals surface area contributed by atoms with Crippen LogP contribution in [0.1, 0.15) is 30.9 Å². The van der Waals surface area contributed by atoms with E-state index in [-0.39, 0.29) is 5.91 Å². The number of benzene rings is 1. The molecule has 0 spiro atoms. The van der Waals surface area contributed by atoms with Crippen molar-refractivity contribution in [3.63, 3.8) is 0 Å². The summed E-state index contributed by atoms with van der Waals surface area (Å²) in [4.78, 5) is 14.4. The van der Waals surface area contributed by atoms with E-state index in [1.165, 1.54) is 12.8 Å². The largest absolute Gasteiger partial charge is 0.323 e. The summed E-state index contributed by atoms with van der Waals surface area (Å²) in [5.74, 6) is 0.703. The van der Waals surface area contributed by atoms with E-state index in [0.717, 1.165) is 29.9 Å². The van der Waals surface area contributed by atoms with Crippen LogP contribution in [-0.2, 0) is 4.79 Å². The van der Waals surface area contributed by atoms with Gasteiger partial charge in [0.2, 0.25) is 5.91 Å². The van der Waals surface area contributed by atoms with E-state index in [4.69, 9.17) is 11.6 Å². The molecule has 0 aliphatic carbocycles. The highest BCUT2D eigenvalue weighted by Crippen LogP contribution is 2.27. The molecule has 1 aromatic carbocycles. The molecule has 3 nitrogen and oxygen atoms in total. The lowest BCUT2D eigenvalue weighted by Crippen LogP contribution is -2.39. The number of halogens is 1. The number of nitrogens with zero attached hydrogens (tertiary/aromatic N) is 1. The van der Waals surface area contributed by atoms with Crippen molar-refractivity contribution in [2.24, 2.45) is 5.92 Å². The third kappa shape index (κ3) is 3.97. The lowest BCUT2D eigenvalue weighted by molar-refractivity contribution is -0.117. The van der Waals surface area contributed by atoms with Crippen molar-refractivity contribution in [2.45, 2.75) is 33.6 Å². The highest BCUT2D eigenvalue weighted by Gasteiger charge is 2.19. The Bertz CT molecular complexity index is 478. The molecule has 1 atom stereocenters. The van der Waals surface area contributed by atoms with Gasteiger partial charge in [-0.2, -0.15) is 0 Å². The summed E-state index contributed by atoms with van der Waals surface area (Å²) in [6.07, 6.45) is 2.44. The molecule has 1 aliphatic rings. The lowest BCUT2D eigenvalue weighted by Gasteiger charge is -2.30. The number of piperidine rings is 1. The van der Waals surface area contributed by atoms with Crippen LogP contribution in [0.25, 0.3) is 0 Å². The van der Waals surface area contributed by atoms with Gasteiger partial charge in [0, 0.05) is 6.54 Å². The Morgan fingerprint density at radius 2 is 2.20 bits per heavy atom. The molecule has 4 heteroatoms. The van der Waals surface area contributed by atoms with Gasteiger partial charge in [-0.1, -0.05) is 24.6 Å². The Morgan fingerprint density at radius 3 is 2.85 bits per heavy atom. The van der Waals surface area contributed by atoms with Gasteiger partial charge in [0.15, 0.2) is 0 Å². The minimum atomic E-state index is 0.0213. The van der Waals surface area contributed by atoms with Gasteiger partial charge in [-0.05, 0) is 56.3 Å². The fourth-order valence-electron chi connectivity index (χ4n) is 2.89. The Morgan fingerprint density at radius 1 is 1.45 bits per heavy atom. The van der Waals surface area contributed by atoms with Crippen molar-refractivity contribution >= 4 is 23.2 Å². The van der Waals surface area contributed by atoms with Crippen molar-refractivity contribution in [2.75, 3.05) is 25.0 Å². The van der Waals surface area contributed by atoms with Crippen LogP contribution in [0.4, 0.5) is 5.69 Å². The van der Waals surface area contributed by atoms with Crippen LogP contribution in [0.15, 0.2) is 12.1 Å². The van der Waals surface area contributed by atoms with Crippen LogP contribution >= 0.6 is 11.6 Å². The number of aryl methyl sites for hydroxylation is 2. The van der Waals surface area contributed by atoms with Gasteiger partial charge in [-0.3, -0.25) is 9.69 Å². The summed E-state index contributed by atoms with van der Waals surface area (Å²) in [5.41, 5.74) is 2.86. The molecule has 1 N–H and O–H groups in total. The summed E-state index contributed by atoms with van der Waals surface area (Å²) in [6.45, 7) is 8.68. The first kappa shape index (κ1) is 15.3. The van der Waals surface area contributed by atoms with Crippen molar-refractivity contribution in [3.8, 4) is 0 Å². The number of likely N-dealkylation sites (tertiary alicyclic amines) is 1. The number of hydrogen-bond acceptors (Lipinski definition) is 2. The molecule has 110 valence electrons. The quantitative estimate of drug-likeness (QED) is 0.923. The molecule has 0 unspecified atom stereocenters. The Balaban J connectivity index is 1.98. The summed E-state index contributed by atoms with van der Waals surface area (Å²) in [5, 5.41) is 3.57. The fraction of sp³-hybridized carbons (Fsp3) is 0.562. The SMILES string of the molecule is Cc1cc(C)c(NC(=O)CN2CCC[C@@H](C)C2)c(Cl)c1. The maximum absolute atomic E-state index is 12.2. The third-order valence-corrected chi connectivity index (χ3v) is 4.10. The maximum Gasteiger partial charge on any atom is 0.238 e. The number of carbonyl (C=O) groups excluding carboxylic acids is 1. The first-order valence-electron chi connectivity index (χ1n) is 7.24. The minimum Gasteiger partial charge on any atom is -0.323 e. The van der Waals surface area contributed by atoms with Crippen molar-refractivity contribution in [3.05, 3.63) is 28.3 Å². The second kappa shape index (κ2) is 6.59. The fourth-order valence-corrected chi connectivity index (χ4v) is 3.25. The summed E-state index contributed by atoms with van der Waals surface area (Å²) in [7, 11) is 0. The molecule has 1 saturated heterocycles. The predicted octanol–water partition coefficient (Wildman–Crippen LogP) is 3.63. The molecule has 2 rings (SSSR count). The zero-order chi connectivity index (χ0) is 14.7. The zero-order valence-corrected chi connectivity index (χ0v) is 13.3. The monoisotopic (exact) mass is 294 g/mol. The Labute approximate surface area is 126 Å². The number of hydrogen-bond donors (Lipinski definition) is 1. The van der Waals surface area contributed by atoms with Gasteiger partial charge in [0.05, 0.1) is 17.3 Å². The second-order valence-corrected chi connectivity index (χ2v) is 6.38. The number of rotatable bonds is 3. The highest BCUT2D eigenvalue weighted by molar-refractivity contribution is 6.34. The van der Waals surface area contributed by atoms with Crippen LogP contribution in [0, 0.1) is 19.8 Å². The molecule has 1 amide bonds. The molecule has 1 aliphatic heterocycles. The van der Waals surface area contributed by atoms with E-state index in [0.29, 0.717) is 17.5 Å². The topological polar surface area (TPSA) is 32.3 Å². The third-order valence-electron chi connectivity index (χ3n) is 3.80. The van der Waals surface area contributed by atoms with Gasteiger partial charge in [-0.25, -0.2) is 0 Å². The molecule has 0 bridgehead atoms.